The Kier molecular flexibility index (Phi) is 15.5. The molecule has 1 aliphatic rings. The highest BCUT2D eigenvalue weighted by Gasteiger charge is 2.27. The smallest absolute Gasteiger partial charge is 0.343 e. The van der Waals surface area contributed by atoms with E-state index >= 15 is 0 Å². The number of esters is 2. The molecular formula is C36H51FO5. The Balaban J connectivity index is 1.31. The summed E-state index contributed by atoms with van der Waals surface area (Å²) in [6, 6.07) is 14.8. The van der Waals surface area contributed by atoms with Crippen LogP contribution in [0.15, 0.2) is 48.5 Å². The van der Waals surface area contributed by atoms with Crippen LogP contribution in [-0.2, 0) is 16.0 Å². The molecule has 2 aromatic rings. The summed E-state index contributed by atoms with van der Waals surface area (Å²) in [4.78, 5) is 24.6. The van der Waals surface area contributed by atoms with Crippen molar-refractivity contribution in [3.05, 3.63) is 59.7 Å². The van der Waals surface area contributed by atoms with E-state index in [2.05, 4.69) is 6.92 Å². The maximum absolute atomic E-state index is 13.9. The minimum absolute atomic E-state index is 0.152. The third-order valence-corrected chi connectivity index (χ3v) is 8.23. The van der Waals surface area contributed by atoms with Gasteiger partial charge in [0.2, 0.25) is 0 Å². The molecular weight excluding hydrogens is 531 g/mol. The molecule has 1 atom stereocenters. The van der Waals surface area contributed by atoms with Gasteiger partial charge in [0.15, 0.2) is 6.17 Å². The van der Waals surface area contributed by atoms with E-state index in [4.69, 9.17) is 14.2 Å². The maximum atomic E-state index is 13.9. The standard InChI is InChI=1S/C36H51FO5/c1-3-5-7-8-9-10-11-27-40-31-25-19-30(20-26-31)35(38)41-32-21-15-28(16-22-32)13-14-29-17-23-33(24-18-29)42-36(39)34(37)12-6-4-2/h15-16,19-22,25-26,29,33-34H,3-14,17-18,23-24,27H2,1-2H3/t29?,33?,34-/m0/s1. The molecule has 0 saturated heterocycles. The number of halogens is 1. The van der Waals surface area contributed by atoms with Gasteiger partial charge in [-0.15, -0.1) is 0 Å². The molecule has 232 valence electrons. The quantitative estimate of drug-likeness (QED) is 0.0937. The number of carbonyl (C=O) groups is 2. The summed E-state index contributed by atoms with van der Waals surface area (Å²) < 4.78 is 30.7. The number of ether oxygens (including phenoxy) is 3. The van der Waals surface area contributed by atoms with Gasteiger partial charge in [-0.1, -0.05) is 77.3 Å². The Labute approximate surface area is 252 Å². The molecule has 0 heterocycles. The number of benzene rings is 2. The average molecular weight is 583 g/mol. The van der Waals surface area contributed by atoms with Crippen molar-refractivity contribution in [3.8, 4) is 11.5 Å². The highest BCUT2D eigenvalue weighted by molar-refractivity contribution is 5.91. The lowest BCUT2D eigenvalue weighted by molar-refractivity contribution is -0.157. The van der Waals surface area contributed by atoms with Crippen molar-refractivity contribution in [2.75, 3.05) is 6.61 Å². The molecule has 0 amide bonds. The topological polar surface area (TPSA) is 61.8 Å². The van der Waals surface area contributed by atoms with Crippen LogP contribution in [0.1, 0.15) is 126 Å². The van der Waals surface area contributed by atoms with Gasteiger partial charge in [-0.2, -0.15) is 0 Å². The van der Waals surface area contributed by atoms with Gasteiger partial charge in [0, 0.05) is 0 Å². The van der Waals surface area contributed by atoms with Crippen LogP contribution < -0.4 is 9.47 Å². The van der Waals surface area contributed by atoms with E-state index in [9.17, 15) is 14.0 Å². The Morgan fingerprint density at radius 1 is 0.786 bits per heavy atom. The van der Waals surface area contributed by atoms with Gasteiger partial charge in [-0.05, 0) is 99.2 Å². The molecule has 5 nitrogen and oxygen atoms in total. The summed E-state index contributed by atoms with van der Waals surface area (Å²) in [6.07, 6.45) is 14.5. The predicted octanol–water partition coefficient (Wildman–Crippen LogP) is 9.60. The predicted molar refractivity (Wildman–Crippen MR) is 166 cm³/mol. The third-order valence-electron chi connectivity index (χ3n) is 8.23. The van der Waals surface area contributed by atoms with Gasteiger partial charge in [0.05, 0.1) is 12.2 Å². The molecule has 0 unspecified atom stereocenters. The molecule has 1 aliphatic carbocycles. The van der Waals surface area contributed by atoms with E-state index in [1.54, 1.807) is 12.1 Å². The number of aryl methyl sites for hydroxylation is 1. The van der Waals surface area contributed by atoms with E-state index < -0.39 is 12.1 Å². The van der Waals surface area contributed by atoms with Gasteiger partial charge in [-0.25, -0.2) is 14.0 Å². The Hall–Kier alpha value is -2.89. The van der Waals surface area contributed by atoms with E-state index in [1.807, 2.05) is 43.3 Å². The number of hydrogen-bond donors (Lipinski definition) is 0. The fourth-order valence-electron chi connectivity index (χ4n) is 5.48. The SMILES string of the molecule is CCCCCCCCCOc1ccc(C(=O)Oc2ccc(CCC3CCC(OC(=O)[C@@H](F)CCCC)CC3)cc2)cc1. The van der Waals surface area contributed by atoms with Crippen molar-refractivity contribution in [3.63, 3.8) is 0 Å². The van der Waals surface area contributed by atoms with Gasteiger partial charge in [-0.3, -0.25) is 0 Å². The van der Waals surface area contributed by atoms with Crippen LogP contribution in [0.4, 0.5) is 4.39 Å². The highest BCUT2D eigenvalue weighted by Crippen LogP contribution is 2.30. The van der Waals surface area contributed by atoms with Crippen molar-refractivity contribution in [1.82, 2.24) is 0 Å². The van der Waals surface area contributed by atoms with Crippen molar-refractivity contribution in [1.29, 1.82) is 0 Å². The second-order valence-corrected chi connectivity index (χ2v) is 11.8. The minimum Gasteiger partial charge on any atom is -0.494 e. The molecule has 1 saturated carbocycles. The molecule has 1 fully saturated rings. The first kappa shape index (κ1) is 33.6. The number of alkyl halides is 1. The molecule has 3 rings (SSSR count). The maximum Gasteiger partial charge on any atom is 0.343 e. The number of hydrogen-bond acceptors (Lipinski definition) is 5. The zero-order valence-electron chi connectivity index (χ0n) is 25.8. The monoisotopic (exact) mass is 582 g/mol. The first-order valence-corrected chi connectivity index (χ1v) is 16.4. The summed E-state index contributed by atoms with van der Waals surface area (Å²) in [5.74, 6) is 0.792. The summed E-state index contributed by atoms with van der Waals surface area (Å²) >= 11 is 0. The number of unbranched alkanes of at least 4 members (excludes halogenated alkanes) is 7. The van der Waals surface area contributed by atoms with E-state index in [0.29, 0.717) is 30.3 Å². The lowest BCUT2D eigenvalue weighted by Gasteiger charge is -2.28. The average Bonchev–Trinajstić information content (AvgIpc) is 3.01. The molecule has 0 radical (unpaired) electrons. The molecule has 0 N–H and O–H groups in total. The van der Waals surface area contributed by atoms with Crippen LogP contribution >= 0.6 is 0 Å². The van der Waals surface area contributed by atoms with Gasteiger partial charge in [0.1, 0.15) is 17.6 Å². The van der Waals surface area contributed by atoms with E-state index in [-0.39, 0.29) is 18.5 Å². The zero-order chi connectivity index (χ0) is 30.0. The highest BCUT2D eigenvalue weighted by atomic mass is 19.1. The van der Waals surface area contributed by atoms with E-state index in [1.165, 1.54) is 44.1 Å². The summed E-state index contributed by atoms with van der Waals surface area (Å²) in [7, 11) is 0. The molecule has 2 aromatic carbocycles. The van der Waals surface area contributed by atoms with Gasteiger partial charge in [0.25, 0.3) is 0 Å². The molecule has 42 heavy (non-hydrogen) atoms. The lowest BCUT2D eigenvalue weighted by atomic mass is 9.83. The van der Waals surface area contributed by atoms with Crippen molar-refractivity contribution < 1.29 is 28.2 Å². The van der Waals surface area contributed by atoms with Crippen molar-refractivity contribution in [2.24, 2.45) is 5.92 Å². The molecule has 0 aromatic heterocycles. The third kappa shape index (κ3) is 12.5. The summed E-state index contributed by atoms with van der Waals surface area (Å²) in [5, 5.41) is 0. The molecule has 0 spiro atoms. The van der Waals surface area contributed by atoms with Crippen LogP contribution in [0.25, 0.3) is 0 Å². The molecule has 0 aliphatic heterocycles. The molecule has 0 bridgehead atoms. The normalized spacial score (nSPS) is 17.4. The van der Waals surface area contributed by atoms with Gasteiger partial charge >= 0.3 is 11.9 Å². The largest absolute Gasteiger partial charge is 0.494 e. The van der Waals surface area contributed by atoms with Crippen LogP contribution in [0.2, 0.25) is 0 Å². The Morgan fingerprint density at radius 3 is 2.07 bits per heavy atom. The first-order chi connectivity index (χ1) is 20.5. The summed E-state index contributed by atoms with van der Waals surface area (Å²) in [6.45, 7) is 4.91. The first-order valence-electron chi connectivity index (χ1n) is 16.4. The zero-order valence-corrected chi connectivity index (χ0v) is 25.8. The number of carbonyl (C=O) groups excluding carboxylic acids is 2. The molecule has 6 heteroatoms. The second kappa shape index (κ2) is 19.3. The van der Waals surface area contributed by atoms with Gasteiger partial charge < -0.3 is 14.2 Å². The van der Waals surface area contributed by atoms with Crippen LogP contribution in [0.5, 0.6) is 11.5 Å². The fraction of sp³-hybridized carbons (Fsp3) is 0.611. The Morgan fingerprint density at radius 2 is 1.40 bits per heavy atom. The fourth-order valence-corrected chi connectivity index (χ4v) is 5.48. The number of rotatable bonds is 19. The minimum atomic E-state index is -1.49. The van der Waals surface area contributed by atoms with E-state index in [0.717, 1.165) is 57.1 Å². The van der Waals surface area contributed by atoms with Crippen molar-refractivity contribution in [2.45, 2.75) is 129 Å². The van der Waals surface area contributed by atoms with Crippen LogP contribution in [-0.4, -0.2) is 30.8 Å². The lowest BCUT2D eigenvalue weighted by Crippen LogP contribution is -2.29. The Bertz CT molecular complexity index is 1030. The van der Waals surface area contributed by atoms with Crippen LogP contribution in [0, 0.1) is 5.92 Å². The van der Waals surface area contributed by atoms with Crippen LogP contribution in [0.3, 0.4) is 0 Å². The summed E-state index contributed by atoms with van der Waals surface area (Å²) in [5.41, 5.74) is 1.69. The van der Waals surface area contributed by atoms with Crippen molar-refractivity contribution >= 4 is 11.9 Å². The second-order valence-electron chi connectivity index (χ2n) is 11.8.